The van der Waals surface area contributed by atoms with E-state index in [0.29, 0.717) is 26.9 Å². The van der Waals surface area contributed by atoms with Gasteiger partial charge in [0.2, 0.25) is 0 Å². The first-order valence-corrected chi connectivity index (χ1v) is 10.8. The van der Waals surface area contributed by atoms with E-state index in [1.54, 1.807) is 30.3 Å². The second-order valence-electron chi connectivity index (χ2n) is 6.55. The number of rotatable bonds is 5. The van der Waals surface area contributed by atoms with Crippen LogP contribution in [0.15, 0.2) is 76.6 Å². The molecule has 0 atom stereocenters. The lowest BCUT2D eigenvalue weighted by Crippen LogP contribution is -2.19. The van der Waals surface area contributed by atoms with Gasteiger partial charge in [0.25, 0.3) is 5.91 Å². The predicted octanol–water partition coefficient (Wildman–Crippen LogP) is 6.60. The maximum absolute atomic E-state index is 13.3. The van der Waals surface area contributed by atoms with Crippen molar-refractivity contribution < 1.29 is 13.9 Å². The Morgan fingerprint density at radius 3 is 2.48 bits per heavy atom. The third-order valence-corrected chi connectivity index (χ3v) is 5.70. The number of hydrogen-bond donors (Lipinski definition) is 1. The van der Waals surface area contributed by atoms with E-state index in [1.807, 2.05) is 30.3 Å². The van der Waals surface area contributed by atoms with Gasteiger partial charge < -0.3 is 10.1 Å². The number of thioether (sulfide) groups is 1. The summed E-state index contributed by atoms with van der Waals surface area (Å²) in [6, 6.07) is 18.7. The van der Waals surface area contributed by atoms with Gasteiger partial charge in [-0.1, -0.05) is 53.5 Å². The zero-order valence-corrected chi connectivity index (χ0v) is 18.3. The summed E-state index contributed by atoms with van der Waals surface area (Å²) in [5.74, 6) is -0.300. The molecule has 1 saturated heterocycles. The summed E-state index contributed by atoms with van der Waals surface area (Å²) in [6.07, 6.45) is 1.68. The number of nitrogens with zero attached hydrogens (tertiary/aromatic N) is 1. The average Bonchev–Trinajstić information content (AvgIpc) is 3.06. The molecule has 0 bridgehead atoms. The molecule has 8 heteroatoms. The normalized spacial score (nSPS) is 16.0. The van der Waals surface area contributed by atoms with Crippen LogP contribution in [0, 0.1) is 5.82 Å². The highest BCUT2D eigenvalue weighted by molar-refractivity contribution is 8.18. The molecule has 0 radical (unpaired) electrons. The minimum atomic E-state index is -0.345. The van der Waals surface area contributed by atoms with E-state index in [4.69, 9.17) is 27.9 Å². The lowest BCUT2D eigenvalue weighted by atomic mass is 10.2. The highest BCUT2D eigenvalue weighted by Gasteiger charge is 2.24. The number of carbonyl (C=O) groups excluding carboxylic acids is 1. The minimum absolute atomic E-state index is 0.120. The molecule has 3 aromatic rings. The molecule has 1 heterocycles. The number of nitrogens with one attached hydrogen (secondary N) is 1. The Bertz CT molecular complexity index is 1180. The number of aliphatic imine (C=N–C) groups is 1. The van der Waals surface area contributed by atoms with E-state index >= 15 is 0 Å². The smallest absolute Gasteiger partial charge is 0.264 e. The van der Waals surface area contributed by atoms with E-state index in [2.05, 4.69) is 10.3 Å². The summed E-state index contributed by atoms with van der Waals surface area (Å²) in [7, 11) is 0. The van der Waals surface area contributed by atoms with Gasteiger partial charge in [-0.3, -0.25) is 4.79 Å². The number of amides is 1. The van der Waals surface area contributed by atoms with E-state index in [0.717, 1.165) is 5.69 Å². The molecule has 0 aliphatic carbocycles. The molecule has 31 heavy (non-hydrogen) atoms. The first-order valence-electron chi connectivity index (χ1n) is 9.19. The number of carbonyl (C=O) groups is 1. The molecular formula is C23H15Cl2FN2O2S. The molecule has 1 aliphatic heterocycles. The Hall–Kier alpha value is -2.80. The number of benzene rings is 3. The Morgan fingerprint density at radius 1 is 1.03 bits per heavy atom. The molecule has 1 fully saturated rings. The third kappa shape index (κ3) is 5.47. The van der Waals surface area contributed by atoms with Gasteiger partial charge >= 0.3 is 0 Å². The van der Waals surface area contributed by atoms with Gasteiger partial charge in [0.05, 0.1) is 20.6 Å². The first kappa shape index (κ1) is 21.4. The van der Waals surface area contributed by atoms with E-state index in [9.17, 15) is 9.18 Å². The van der Waals surface area contributed by atoms with Crippen LogP contribution >= 0.6 is 35.0 Å². The molecule has 1 aliphatic rings. The summed E-state index contributed by atoms with van der Waals surface area (Å²) in [4.78, 5) is 17.2. The number of amidine groups is 1. The van der Waals surface area contributed by atoms with Crippen LogP contribution in [0.3, 0.4) is 0 Å². The average molecular weight is 473 g/mol. The molecule has 0 aromatic heterocycles. The fourth-order valence-corrected chi connectivity index (χ4v) is 4.29. The van der Waals surface area contributed by atoms with E-state index in [-0.39, 0.29) is 28.4 Å². The molecule has 4 rings (SSSR count). The van der Waals surface area contributed by atoms with Crippen molar-refractivity contribution in [1.82, 2.24) is 5.32 Å². The molecule has 0 saturated carbocycles. The van der Waals surface area contributed by atoms with Gasteiger partial charge in [0.15, 0.2) is 10.9 Å². The van der Waals surface area contributed by atoms with Crippen LogP contribution in [-0.4, -0.2) is 11.1 Å². The Balaban J connectivity index is 1.50. The second kappa shape index (κ2) is 9.56. The lowest BCUT2D eigenvalue weighted by Gasteiger charge is -2.11. The molecule has 0 unspecified atom stereocenters. The van der Waals surface area contributed by atoms with Crippen molar-refractivity contribution >= 4 is 57.8 Å². The molecular weight excluding hydrogens is 458 g/mol. The van der Waals surface area contributed by atoms with Crippen molar-refractivity contribution in [3.05, 3.63) is 98.6 Å². The summed E-state index contributed by atoms with van der Waals surface area (Å²) >= 11 is 13.9. The van der Waals surface area contributed by atoms with Crippen molar-refractivity contribution in [2.45, 2.75) is 6.61 Å². The fourth-order valence-electron chi connectivity index (χ4n) is 2.83. The van der Waals surface area contributed by atoms with Gasteiger partial charge in [-0.2, -0.15) is 0 Å². The Labute approximate surface area is 192 Å². The van der Waals surface area contributed by atoms with Gasteiger partial charge in [0, 0.05) is 0 Å². The maximum atomic E-state index is 13.3. The molecule has 3 aromatic carbocycles. The van der Waals surface area contributed by atoms with Gasteiger partial charge in [-0.25, -0.2) is 9.38 Å². The summed E-state index contributed by atoms with van der Waals surface area (Å²) in [5.41, 5.74) is 2.05. The van der Waals surface area contributed by atoms with Crippen LogP contribution in [0.25, 0.3) is 6.08 Å². The highest BCUT2D eigenvalue weighted by atomic mass is 35.5. The SMILES string of the molecule is O=C1NC(=Nc2ccccc2)S/C1=C\c1cc(Cl)c(OCc2cccc(F)c2)c(Cl)c1. The summed E-state index contributed by atoms with van der Waals surface area (Å²) < 4.78 is 19.0. The minimum Gasteiger partial charge on any atom is -0.486 e. The predicted molar refractivity (Wildman–Crippen MR) is 124 cm³/mol. The van der Waals surface area contributed by atoms with Gasteiger partial charge in [-0.05, 0) is 65.4 Å². The zero-order chi connectivity index (χ0) is 21.8. The van der Waals surface area contributed by atoms with Crippen molar-refractivity contribution in [2.75, 3.05) is 0 Å². The van der Waals surface area contributed by atoms with Gasteiger partial charge in [0.1, 0.15) is 12.4 Å². The summed E-state index contributed by atoms with van der Waals surface area (Å²) in [6.45, 7) is 0.120. The highest BCUT2D eigenvalue weighted by Crippen LogP contribution is 2.36. The van der Waals surface area contributed by atoms with E-state index in [1.165, 1.54) is 23.9 Å². The largest absolute Gasteiger partial charge is 0.486 e. The molecule has 156 valence electrons. The Morgan fingerprint density at radius 2 is 1.77 bits per heavy atom. The third-order valence-electron chi connectivity index (χ3n) is 4.23. The maximum Gasteiger partial charge on any atom is 0.264 e. The standard InChI is InChI=1S/C23H15Cl2FN2O2S/c24-18-10-15(11-19(25)21(18)30-13-14-5-4-6-16(26)9-14)12-20-22(29)28-23(31-20)27-17-7-2-1-3-8-17/h1-12H,13H2,(H,27,28,29)/b20-12-. The fraction of sp³-hybridized carbons (Fsp3) is 0.0435. The monoisotopic (exact) mass is 472 g/mol. The Kier molecular flexibility index (Phi) is 6.61. The lowest BCUT2D eigenvalue weighted by molar-refractivity contribution is -0.115. The zero-order valence-electron chi connectivity index (χ0n) is 15.9. The number of hydrogen-bond acceptors (Lipinski definition) is 4. The summed E-state index contributed by atoms with van der Waals surface area (Å²) in [5, 5.41) is 3.81. The first-order chi connectivity index (χ1) is 15.0. The van der Waals surface area contributed by atoms with Crippen LogP contribution in [0.1, 0.15) is 11.1 Å². The molecule has 1 N–H and O–H groups in total. The van der Waals surface area contributed by atoms with Crippen molar-refractivity contribution in [3.8, 4) is 5.75 Å². The quantitative estimate of drug-likeness (QED) is 0.425. The second-order valence-corrected chi connectivity index (χ2v) is 8.39. The number of ether oxygens (including phenoxy) is 1. The van der Waals surface area contributed by atoms with E-state index < -0.39 is 0 Å². The molecule has 1 amide bonds. The molecule has 4 nitrogen and oxygen atoms in total. The molecule has 0 spiro atoms. The van der Waals surface area contributed by atoms with Crippen LogP contribution < -0.4 is 10.1 Å². The van der Waals surface area contributed by atoms with Crippen LogP contribution in [-0.2, 0) is 11.4 Å². The van der Waals surface area contributed by atoms with Crippen LogP contribution in [0.4, 0.5) is 10.1 Å². The van der Waals surface area contributed by atoms with Crippen molar-refractivity contribution in [2.24, 2.45) is 4.99 Å². The number of halogens is 3. The topological polar surface area (TPSA) is 50.7 Å². The number of para-hydroxylation sites is 1. The van der Waals surface area contributed by atoms with Crippen LogP contribution in [0.5, 0.6) is 5.75 Å². The van der Waals surface area contributed by atoms with Crippen molar-refractivity contribution in [1.29, 1.82) is 0 Å². The van der Waals surface area contributed by atoms with Gasteiger partial charge in [-0.15, -0.1) is 0 Å². The van der Waals surface area contributed by atoms with Crippen molar-refractivity contribution in [3.63, 3.8) is 0 Å². The van der Waals surface area contributed by atoms with Crippen LogP contribution in [0.2, 0.25) is 10.0 Å².